The Hall–Kier alpha value is -1.36. The fraction of sp³-hybridized carbons (Fsp3) is 0.438. The summed E-state index contributed by atoms with van der Waals surface area (Å²) in [4.78, 5) is 2.49. The number of hydrogen-bond donors (Lipinski definition) is 1. The number of likely N-dealkylation sites (tertiary alicyclic amines) is 1. The fourth-order valence-corrected chi connectivity index (χ4v) is 2.78. The fourth-order valence-electron chi connectivity index (χ4n) is 2.78. The van der Waals surface area contributed by atoms with E-state index >= 15 is 0 Å². The van der Waals surface area contributed by atoms with Crippen LogP contribution >= 0.6 is 12.4 Å². The number of nitrogens with zero attached hydrogens (tertiary/aromatic N) is 3. The van der Waals surface area contributed by atoms with E-state index in [1.54, 1.807) is 0 Å². The van der Waals surface area contributed by atoms with E-state index in [2.05, 4.69) is 40.6 Å². The molecule has 21 heavy (non-hydrogen) atoms. The Kier molecular flexibility index (Phi) is 5.79. The lowest BCUT2D eigenvalue weighted by atomic mass is 10.1. The minimum atomic E-state index is 0. The van der Waals surface area contributed by atoms with Crippen molar-refractivity contribution in [1.82, 2.24) is 20.0 Å². The quantitative estimate of drug-likeness (QED) is 0.942. The van der Waals surface area contributed by atoms with E-state index in [1.165, 1.54) is 12.8 Å². The predicted molar refractivity (Wildman–Crippen MR) is 88.2 cm³/mol. The van der Waals surface area contributed by atoms with Gasteiger partial charge in [0.2, 0.25) is 0 Å². The summed E-state index contributed by atoms with van der Waals surface area (Å²) in [5.74, 6) is 0. The first-order valence-electron chi connectivity index (χ1n) is 7.35. The molecular formula is C16H23ClN4. The number of hydrogen-bond acceptors (Lipinski definition) is 3. The van der Waals surface area contributed by atoms with Crippen LogP contribution < -0.4 is 5.32 Å². The number of nitrogens with one attached hydrogen (secondary N) is 1. The maximum absolute atomic E-state index is 4.67. The summed E-state index contributed by atoms with van der Waals surface area (Å²) in [5.41, 5.74) is 2.27. The normalized spacial score (nSPS) is 16.6. The molecule has 2 aromatic rings. The Bertz CT molecular complexity index is 532. The minimum Gasteiger partial charge on any atom is -0.317 e. The van der Waals surface area contributed by atoms with E-state index in [0.29, 0.717) is 6.04 Å². The summed E-state index contributed by atoms with van der Waals surface area (Å²) in [7, 11) is 2.06. The summed E-state index contributed by atoms with van der Waals surface area (Å²) >= 11 is 0. The molecule has 0 amide bonds. The smallest absolute Gasteiger partial charge is 0.0769 e. The zero-order valence-corrected chi connectivity index (χ0v) is 13.2. The predicted octanol–water partition coefficient (Wildman–Crippen LogP) is 2.48. The van der Waals surface area contributed by atoms with Crippen molar-refractivity contribution in [1.29, 1.82) is 0 Å². The van der Waals surface area contributed by atoms with Gasteiger partial charge in [-0.2, -0.15) is 5.10 Å². The van der Waals surface area contributed by atoms with Gasteiger partial charge in [-0.25, -0.2) is 4.68 Å². The number of benzene rings is 1. The van der Waals surface area contributed by atoms with Gasteiger partial charge >= 0.3 is 0 Å². The topological polar surface area (TPSA) is 33.1 Å². The van der Waals surface area contributed by atoms with Crippen molar-refractivity contribution in [3.63, 3.8) is 0 Å². The molecule has 1 saturated heterocycles. The van der Waals surface area contributed by atoms with E-state index in [1.807, 2.05) is 29.1 Å². The lowest BCUT2D eigenvalue weighted by Gasteiger charge is -2.31. The first-order chi connectivity index (χ1) is 9.85. The third kappa shape index (κ3) is 4.06. The van der Waals surface area contributed by atoms with Crippen LogP contribution in [0.5, 0.6) is 0 Å². The average molecular weight is 307 g/mol. The van der Waals surface area contributed by atoms with Crippen LogP contribution in [0.2, 0.25) is 0 Å². The van der Waals surface area contributed by atoms with Gasteiger partial charge in [0.25, 0.3) is 0 Å². The molecule has 114 valence electrons. The molecular weight excluding hydrogens is 284 g/mol. The second-order valence-corrected chi connectivity index (χ2v) is 5.43. The molecule has 1 aliphatic heterocycles. The zero-order chi connectivity index (χ0) is 13.8. The second kappa shape index (κ2) is 7.59. The lowest BCUT2D eigenvalue weighted by Crippen LogP contribution is -2.40. The van der Waals surface area contributed by atoms with Crippen LogP contribution in [0.4, 0.5) is 0 Å². The van der Waals surface area contributed by atoms with Crippen LogP contribution in [-0.2, 0) is 6.54 Å². The Labute approximate surface area is 132 Å². The largest absolute Gasteiger partial charge is 0.317 e. The molecule has 1 N–H and O–H groups in total. The van der Waals surface area contributed by atoms with Crippen LogP contribution in [0.3, 0.4) is 0 Å². The highest BCUT2D eigenvalue weighted by atomic mass is 35.5. The first-order valence-corrected chi connectivity index (χ1v) is 7.35. The van der Waals surface area contributed by atoms with Gasteiger partial charge < -0.3 is 5.32 Å². The van der Waals surface area contributed by atoms with Gasteiger partial charge in [0.1, 0.15) is 0 Å². The Balaban J connectivity index is 0.00000161. The monoisotopic (exact) mass is 306 g/mol. The molecule has 0 atom stereocenters. The molecule has 1 aliphatic rings. The van der Waals surface area contributed by atoms with Crippen molar-refractivity contribution >= 4 is 12.4 Å². The van der Waals surface area contributed by atoms with Gasteiger partial charge in [-0.1, -0.05) is 18.2 Å². The summed E-state index contributed by atoms with van der Waals surface area (Å²) in [6.07, 6.45) is 4.51. The van der Waals surface area contributed by atoms with Crippen LogP contribution in [0, 0.1) is 0 Å². The molecule has 0 aliphatic carbocycles. The van der Waals surface area contributed by atoms with Gasteiger partial charge in [0.15, 0.2) is 0 Å². The number of halogens is 1. The van der Waals surface area contributed by atoms with Crippen molar-refractivity contribution < 1.29 is 0 Å². The van der Waals surface area contributed by atoms with Crippen molar-refractivity contribution in [2.75, 3.05) is 20.1 Å². The molecule has 1 aromatic carbocycles. The van der Waals surface area contributed by atoms with E-state index < -0.39 is 0 Å². The third-order valence-electron chi connectivity index (χ3n) is 4.05. The average Bonchev–Trinajstić information content (AvgIpc) is 2.97. The summed E-state index contributed by atoms with van der Waals surface area (Å²) in [6.45, 7) is 3.27. The van der Waals surface area contributed by atoms with Gasteiger partial charge in [0.05, 0.1) is 11.4 Å². The van der Waals surface area contributed by atoms with Crippen LogP contribution in [0.15, 0.2) is 42.6 Å². The van der Waals surface area contributed by atoms with Crippen molar-refractivity contribution in [3.8, 4) is 5.69 Å². The third-order valence-corrected chi connectivity index (χ3v) is 4.05. The van der Waals surface area contributed by atoms with Crippen molar-refractivity contribution in [3.05, 3.63) is 48.3 Å². The standard InChI is InChI=1S/C16H22N4.ClH/c1-17-14-7-10-19(11-8-14)13-15-9-12-20(18-15)16-5-3-2-4-6-16;/h2-6,9,12,14,17H,7-8,10-11,13H2,1H3;1H. The zero-order valence-electron chi connectivity index (χ0n) is 12.4. The number of aromatic nitrogens is 2. The van der Waals surface area contributed by atoms with Crippen molar-refractivity contribution in [2.24, 2.45) is 0 Å². The number of rotatable bonds is 4. The molecule has 4 nitrogen and oxygen atoms in total. The maximum atomic E-state index is 4.67. The van der Waals surface area contributed by atoms with E-state index in [-0.39, 0.29) is 12.4 Å². The molecule has 0 radical (unpaired) electrons. The highest BCUT2D eigenvalue weighted by molar-refractivity contribution is 5.85. The Morgan fingerprint density at radius 2 is 1.86 bits per heavy atom. The second-order valence-electron chi connectivity index (χ2n) is 5.43. The molecule has 0 saturated carbocycles. The molecule has 2 heterocycles. The van der Waals surface area contributed by atoms with Gasteiger partial charge in [0, 0.05) is 31.9 Å². The van der Waals surface area contributed by atoms with Crippen molar-refractivity contribution in [2.45, 2.75) is 25.4 Å². The molecule has 0 bridgehead atoms. The molecule has 5 heteroatoms. The van der Waals surface area contributed by atoms with Crippen LogP contribution in [0.1, 0.15) is 18.5 Å². The summed E-state index contributed by atoms with van der Waals surface area (Å²) in [6, 6.07) is 13.1. The van der Waals surface area contributed by atoms with Gasteiger partial charge in [-0.15, -0.1) is 12.4 Å². The van der Waals surface area contributed by atoms with Gasteiger partial charge in [-0.3, -0.25) is 4.90 Å². The SMILES string of the molecule is CNC1CCN(Cc2ccn(-c3ccccc3)n2)CC1.Cl. The van der Waals surface area contributed by atoms with Crippen LogP contribution in [0.25, 0.3) is 5.69 Å². The Morgan fingerprint density at radius 1 is 1.14 bits per heavy atom. The molecule has 3 rings (SSSR count). The molecule has 0 unspecified atom stereocenters. The van der Waals surface area contributed by atoms with Crippen LogP contribution in [-0.4, -0.2) is 40.9 Å². The van der Waals surface area contributed by atoms with Gasteiger partial charge in [-0.05, 0) is 38.1 Å². The maximum Gasteiger partial charge on any atom is 0.0769 e. The number of piperidine rings is 1. The summed E-state index contributed by atoms with van der Waals surface area (Å²) in [5, 5.41) is 8.04. The van der Waals surface area contributed by atoms with E-state index in [4.69, 9.17) is 0 Å². The first kappa shape index (κ1) is 16.0. The summed E-state index contributed by atoms with van der Waals surface area (Å²) < 4.78 is 1.95. The molecule has 0 spiro atoms. The molecule has 1 fully saturated rings. The highest BCUT2D eigenvalue weighted by Gasteiger charge is 2.18. The van der Waals surface area contributed by atoms with E-state index in [0.717, 1.165) is 31.0 Å². The van der Waals surface area contributed by atoms with E-state index in [9.17, 15) is 0 Å². The minimum absolute atomic E-state index is 0. The molecule has 1 aromatic heterocycles. The Morgan fingerprint density at radius 3 is 2.52 bits per heavy atom. The lowest BCUT2D eigenvalue weighted by molar-refractivity contribution is 0.192. The highest BCUT2D eigenvalue weighted by Crippen LogP contribution is 2.13. The number of para-hydroxylation sites is 1.